The quantitative estimate of drug-likeness (QED) is 0.525. The summed E-state index contributed by atoms with van der Waals surface area (Å²) in [5.74, 6) is -1.24. The van der Waals surface area contributed by atoms with Gasteiger partial charge in [0.25, 0.3) is 0 Å². The van der Waals surface area contributed by atoms with Gasteiger partial charge in [0, 0.05) is 12.3 Å². The zero-order chi connectivity index (χ0) is 15.5. The van der Waals surface area contributed by atoms with E-state index in [-0.39, 0.29) is 11.5 Å². The molecule has 1 aromatic heterocycles. The second kappa shape index (κ2) is 6.17. The van der Waals surface area contributed by atoms with Gasteiger partial charge in [0.05, 0.1) is 5.69 Å². The first kappa shape index (κ1) is 15.4. The van der Waals surface area contributed by atoms with Crippen molar-refractivity contribution in [1.82, 2.24) is 9.97 Å². The highest BCUT2D eigenvalue weighted by Crippen LogP contribution is 2.32. The molecule has 1 heterocycles. The van der Waals surface area contributed by atoms with Crippen LogP contribution >= 0.6 is 11.8 Å². The maximum absolute atomic E-state index is 13.1. The molecule has 0 saturated heterocycles. The zero-order valence-corrected chi connectivity index (χ0v) is 11.4. The van der Waals surface area contributed by atoms with E-state index in [1.165, 1.54) is 24.0 Å². The van der Waals surface area contributed by atoms with Crippen molar-refractivity contribution in [1.29, 1.82) is 0 Å². The Balaban J connectivity index is 2.30. The van der Waals surface area contributed by atoms with E-state index in [2.05, 4.69) is 20.0 Å². The summed E-state index contributed by atoms with van der Waals surface area (Å²) in [4.78, 5) is 7.99. The third kappa shape index (κ3) is 4.48. The standard InChI is InChI=1S/C12H9F4N3OS/c1-21-11-17-5-4-10(19-11)18-8-3-2-7(13)6-9(8)20-12(14,15)16/h2-6H,1H3,(H,17,18,19). The van der Waals surface area contributed by atoms with E-state index in [1.54, 1.807) is 6.26 Å². The molecule has 0 spiro atoms. The van der Waals surface area contributed by atoms with Crippen LogP contribution in [0.15, 0.2) is 35.6 Å². The summed E-state index contributed by atoms with van der Waals surface area (Å²) in [5.41, 5.74) is -0.0560. The number of benzene rings is 1. The molecule has 21 heavy (non-hydrogen) atoms. The number of aromatic nitrogens is 2. The first-order valence-electron chi connectivity index (χ1n) is 5.57. The van der Waals surface area contributed by atoms with E-state index >= 15 is 0 Å². The molecule has 0 aliphatic heterocycles. The van der Waals surface area contributed by atoms with Gasteiger partial charge in [-0.2, -0.15) is 0 Å². The number of thioether (sulfide) groups is 1. The topological polar surface area (TPSA) is 47.0 Å². The molecule has 0 atom stereocenters. The normalized spacial score (nSPS) is 11.3. The molecule has 2 aromatic rings. The maximum Gasteiger partial charge on any atom is 0.573 e. The molecule has 0 radical (unpaired) electrons. The third-order valence-electron chi connectivity index (χ3n) is 2.25. The van der Waals surface area contributed by atoms with Gasteiger partial charge in [0.15, 0.2) is 10.9 Å². The number of ether oxygens (including phenoxy) is 1. The first-order chi connectivity index (χ1) is 9.87. The summed E-state index contributed by atoms with van der Waals surface area (Å²) in [5, 5.41) is 3.09. The Kier molecular flexibility index (Phi) is 4.51. The molecule has 1 N–H and O–H groups in total. The predicted molar refractivity (Wildman–Crippen MR) is 70.2 cm³/mol. The molecular weight excluding hydrogens is 310 g/mol. The third-order valence-corrected chi connectivity index (χ3v) is 2.81. The summed E-state index contributed by atoms with van der Waals surface area (Å²) in [6.45, 7) is 0. The fourth-order valence-electron chi connectivity index (χ4n) is 1.46. The number of nitrogens with one attached hydrogen (secondary N) is 1. The number of hydrogen-bond donors (Lipinski definition) is 1. The fraction of sp³-hybridized carbons (Fsp3) is 0.167. The molecule has 2 rings (SSSR count). The van der Waals surface area contributed by atoms with Crippen molar-refractivity contribution in [2.24, 2.45) is 0 Å². The van der Waals surface area contributed by atoms with Gasteiger partial charge >= 0.3 is 6.36 Å². The molecule has 0 bridgehead atoms. The minimum atomic E-state index is -4.92. The highest BCUT2D eigenvalue weighted by molar-refractivity contribution is 7.98. The van der Waals surface area contributed by atoms with Crippen LogP contribution in [0.4, 0.5) is 29.1 Å². The van der Waals surface area contributed by atoms with Gasteiger partial charge in [-0.05, 0) is 24.5 Å². The Labute approximate surface area is 121 Å². The second-order valence-corrected chi connectivity index (χ2v) is 4.52. The van der Waals surface area contributed by atoms with E-state index in [0.29, 0.717) is 11.2 Å². The minimum absolute atomic E-state index is 0.0560. The Morgan fingerprint density at radius 2 is 2.00 bits per heavy atom. The summed E-state index contributed by atoms with van der Waals surface area (Å²) in [6.07, 6.45) is -1.70. The Bertz CT molecular complexity index is 636. The van der Waals surface area contributed by atoms with Crippen molar-refractivity contribution in [3.63, 3.8) is 0 Å². The number of anilines is 2. The van der Waals surface area contributed by atoms with Crippen LogP contribution in [0.1, 0.15) is 0 Å². The fourth-order valence-corrected chi connectivity index (χ4v) is 1.81. The van der Waals surface area contributed by atoms with Crippen molar-refractivity contribution >= 4 is 23.3 Å². The average Bonchev–Trinajstić information content (AvgIpc) is 2.40. The van der Waals surface area contributed by atoms with Crippen LogP contribution in [0.25, 0.3) is 0 Å². The second-order valence-electron chi connectivity index (χ2n) is 3.74. The SMILES string of the molecule is CSc1nccc(Nc2ccc(F)cc2OC(F)(F)F)n1. The van der Waals surface area contributed by atoms with Crippen LogP contribution in [-0.4, -0.2) is 22.6 Å². The lowest BCUT2D eigenvalue weighted by molar-refractivity contribution is -0.274. The van der Waals surface area contributed by atoms with Gasteiger partial charge < -0.3 is 10.1 Å². The lowest BCUT2D eigenvalue weighted by atomic mass is 10.3. The number of halogens is 4. The van der Waals surface area contributed by atoms with Crippen molar-refractivity contribution in [2.45, 2.75) is 11.5 Å². The first-order valence-corrected chi connectivity index (χ1v) is 6.79. The van der Waals surface area contributed by atoms with Gasteiger partial charge in [-0.15, -0.1) is 13.2 Å². The molecule has 0 amide bonds. The molecule has 0 aliphatic rings. The molecule has 112 valence electrons. The van der Waals surface area contributed by atoms with Crippen LogP contribution in [-0.2, 0) is 0 Å². The molecular formula is C12H9F4N3OS. The Morgan fingerprint density at radius 3 is 2.67 bits per heavy atom. The van der Waals surface area contributed by atoms with Gasteiger partial charge in [-0.3, -0.25) is 0 Å². The Hall–Kier alpha value is -2.03. The van der Waals surface area contributed by atoms with Crippen LogP contribution in [0, 0.1) is 5.82 Å². The smallest absolute Gasteiger partial charge is 0.403 e. The van der Waals surface area contributed by atoms with Crippen LogP contribution in [0.5, 0.6) is 5.75 Å². The molecule has 0 saturated carbocycles. The number of nitrogens with zero attached hydrogens (tertiary/aromatic N) is 2. The van der Waals surface area contributed by atoms with E-state index in [1.807, 2.05) is 0 Å². The molecule has 9 heteroatoms. The minimum Gasteiger partial charge on any atom is -0.403 e. The van der Waals surface area contributed by atoms with Crippen molar-refractivity contribution < 1.29 is 22.3 Å². The summed E-state index contributed by atoms with van der Waals surface area (Å²) >= 11 is 1.28. The van der Waals surface area contributed by atoms with Crippen LogP contribution < -0.4 is 10.1 Å². The van der Waals surface area contributed by atoms with Gasteiger partial charge in [0.1, 0.15) is 11.6 Å². The van der Waals surface area contributed by atoms with Crippen LogP contribution in [0.2, 0.25) is 0 Å². The van der Waals surface area contributed by atoms with E-state index in [4.69, 9.17) is 0 Å². The number of rotatable bonds is 4. The maximum atomic E-state index is 13.1. The van der Waals surface area contributed by atoms with Crippen molar-refractivity contribution in [3.05, 3.63) is 36.3 Å². The Morgan fingerprint density at radius 1 is 1.24 bits per heavy atom. The monoisotopic (exact) mass is 319 g/mol. The lowest BCUT2D eigenvalue weighted by Gasteiger charge is -2.14. The highest BCUT2D eigenvalue weighted by atomic mass is 32.2. The summed E-state index contributed by atoms with van der Waals surface area (Å²) < 4.78 is 53.8. The predicted octanol–water partition coefficient (Wildman–Crippen LogP) is 3.98. The largest absolute Gasteiger partial charge is 0.573 e. The van der Waals surface area contributed by atoms with Crippen molar-refractivity contribution in [2.75, 3.05) is 11.6 Å². The van der Waals surface area contributed by atoms with E-state index < -0.39 is 17.9 Å². The van der Waals surface area contributed by atoms with Gasteiger partial charge in [-0.25, -0.2) is 14.4 Å². The van der Waals surface area contributed by atoms with Crippen LogP contribution in [0.3, 0.4) is 0 Å². The molecule has 0 unspecified atom stereocenters. The van der Waals surface area contributed by atoms with E-state index in [9.17, 15) is 17.6 Å². The summed E-state index contributed by atoms with van der Waals surface area (Å²) in [7, 11) is 0. The van der Waals surface area contributed by atoms with E-state index in [0.717, 1.165) is 12.1 Å². The van der Waals surface area contributed by atoms with Crippen molar-refractivity contribution in [3.8, 4) is 5.75 Å². The molecule has 1 aromatic carbocycles. The molecule has 0 fully saturated rings. The number of alkyl halides is 3. The number of hydrogen-bond acceptors (Lipinski definition) is 5. The highest BCUT2D eigenvalue weighted by Gasteiger charge is 2.32. The zero-order valence-electron chi connectivity index (χ0n) is 10.6. The summed E-state index contributed by atoms with van der Waals surface area (Å²) in [6, 6.07) is 4.27. The van der Waals surface area contributed by atoms with Gasteiger partial charge in [0.2, 0.25) is 0 Å². The molecule has 0 aliphatic carbocycles. The van der Waals surface area contributed by atoms with Gasteiger partial charge in [-0.1, -0.05) is 11.8 Å². The lowest BCUT2D eigenvalue weighted by Crippen LogP contribution is -2.18. The average molecular weight is 319 g/mol. The molecule has 4 nitrogen and oxygen atoms in total.